The second-order valence-corrected chi connectivity index (χ2v) is 8.57. The first-order chi connectivity index (χ1) is 13.9. The van der Waals surface area contributed by atoms with Crippen molar-refractivity contribution in [3.05, 3.63) is 70.7 Å². The molecule has 0 heterocycles. The van der Waals surface area contributed by atoms with Gasteiger partial charge in [0.15, 0.2) is 0 Å². The fourth-order valence-corrected chi connectivity index (χ4v) is 4.09. The molecule has 2 amide bonds. The van der Waals surface area contributed by atoms with E-state index in [4.69, 9.17) is 11.6 Å². The van der Waals surface area contributed by atoms with E-state index < -0.39 is 6.04 Å². The van der Waals surface area contributed by atoms with Crippen LogP contribution in [0.3, 0.4) is 0 Å². The zero-order valence-electron chi connectivity index (χ0n) is 17.2. The molecule has 0 fully saturated rings. The van der Waals surface area contributed by atoms with Crippen molar-refractivity contribution in [2.75, 3.05) is 5.75 Å². The van der Waals surface area contributed by atoms with Gasteiger partial charge in [-0.25, -0.2) is 0 Å². The van der Waals surface area contributed by atoms with Crippen molar-refractivity contribution in [1.82, 2.24) is 10.2 Å². The van der Waals surface area contributed by atoms with Gasteiger partial charge >= 0.3 is 0 Å². The van der Waals surface area contributed by atoms with E-state index in [2.05, 4.69) is 5.32 Å². The summed E-state index contributed by atoms with van der Waals surface area (Å²) in [6, 6.07) is 17.0. The van der Waals surface area contributed by atoms with Crippen LogP contribution in [0.25, 0.3) is 0 Å². The SMILES string of the molecule is CC[C@@H](C(=O)NC(C)C)N(Cc1ccccc1Cl)C(=O)CSCc1ccccc1. The largest absolute Gasteiger partial charge is 0.352 e. The van der Waals surface area contributed by atoms with Crippen LogP contribution < -0.4 is 5.32 Å². The molecule has 0 aromatic heterocycles. The lowest BCUT2D eigenvalue weighted by Crippen LogP contribution is -2.51. The molecule has 0 aliphatic rings. The number of rotatable bonds is 10. The maximum atomic E-state index is 13.1. The molecule has 2 aromatic rings. The van der Waals surface area contributed by atoms with Gasteiger partial charge in [-0.3, -0.25) is 9.59 Å². The highest BCUT2D eigenvalue weighted by atomic mass is 35.5. The molecule has 156 valence electrons. The summed E-state index contributed by atoms with van der Waals surface area (Å²) in [4.78, 5) is 27.5. The van der Waals surface area contributed by atoms with Crippen LogP contribution in [0.4, 0.5) is 0 Å². The van der Waals surface area contributed by atoms with E-state index in [9.17, 15) is 9.59 Å². The summed E-state index contributed by atoms with van der Waals surface area (Å²) in [5.74, 6) is 0.874. The fraction of sp³-hybridized carbons (Fsp3) is 0.391. The molecule has 0 unspecified atom stereocenters. The zero-order valence-corrected chi connectivity index (χ0v) is 18.8. The number of carbonyl (C=O) groups is 2. The molecule has 0 spiro atoms. The Kier molecular flexibility index (Phi) is 9.55. The van der Waals surface area contributed by atoms with Gasteiger partial charge in [-0.2, -0.15) is 0 Å². The van der Waals surface area contributed by atoms with Crippen LogP contribution in [-0.2, 0) is 21.9 Å². The number of thioether (sulfide) groups is 1. The second kappa shape index (κ2) is 11.9. The summed E-state index contributed by atoms with van der Waals surface area (Å²) in [7, 11) is 0. The lowest BCUT2D eigenvalue weighted by Gasteiger charge is -2.31. The number of carbonyl (C=O) groups excluding carboxylic acids is 2. The fourth-order valence-electron chi connectivity index (χ4n) is 3.02. The Morgan fingerprint density at radius 1 is 1.07 bits per heavy atom. The summed E-state index contributed by atoms with van der Waals surface area (Å²) in [6.45, 7) is 6.07. The van der Waals surface area contributed by atoms with Gasteiger partial charge in [0.2, 0.25) is 11.8 Å². The summed E-state index contributed by atoms with van der Waals surface area (Å²) in [5, 5.41) is 3.54. The first-order valence-corrected chi connectivity index (χ1v) is 11.4. The highest BCUT2D eigenvalue weighted by molar-refractivity contribution is 7.99. The van der Waals surface area contributed by atoms with Crippen molar-refractivity contribution in [2.24, 2.45) is 0 Å². The van der Waals surface area contributed by atoms with Crippen molar-refractivity contribution in [3.63, 3.8) is 0 Å². The van der Waals surface area contributed by atoms with Crippen LogP contribution in [0.2, 0.25) is 5.02 Å². The minimum absolute atomic E-state index is 0.0151. The maximum Gasteiger partial charge on any atom is 0.243 e. The number of benzene rings is 2. The van der Waals surface area contributed by atoms with Gasteiger partial charge in [0.25, 0.3) is 0 Å². The van der Waals surface area contributed by atoms with Crippen LogP contribution in [-0.4, -0.2) is 34.6 Å². The third kappa shape index (κ3) is 7.41. The number of nitrogens with zero attached hydrogens (tertiary/aromatic N) is 1. The normalized spacial score (nSPS) is 11.9. The second-order valence-electron chi connectivity index (χ2n) is 7.18. The summed E-state index contributed by atoms with van der Waals surface area (Å²) in [6.07, 6.45) is 0.540. The molecule has 0 radical (unpaired) electrons. The summed E-state index contributed by atoms with van der Waals surface area (Å²) >= 11 is 7.88. The molecule has 0 saturated carbocycles. The van der Waals surface area contributed by atoms with Gasteiger partial charge in [0.1, 0.15) is 6.04 Å². The van der Waals surface area contributed by atoms with E-state index in [1.807, 2.05) is 69.3 Å². The Bertz CT molecular complexity index is 798. The minimum Gasteiger partial charge on any atom is -0.352 e. The first kappa shape index (κ1) is 23.3. The molecule has 2 aromatic carbocycles. The predicted octanol–water partition coefficient (Wildman–Crippen LogP) is 4.91. The third-order valence-corrected chi connectivity index (χ3v) is 5.81. The first-order valence-electron chi connectivity index (χ1n) is 9.87. The molecule has 2 rings (SSSR count). The number of hydrogen-bond acceptors (Lipinski definition) is 3. The maximum absolute atomic E-state index is 13.1. The molecule has 0 bridgehead atoms. The highest BCUT2D eigenvalue weighted by Crippen LogP contribution is 2.21. The van der Waals surface area contributed by atoms with Gasteiger partial charge in [-0.15, -0.1) is 11.8 Å². The highest BCUT2D eigenvalue weighted by Gasteiger charge is 2.29. The molecule has 29 heavy (non-hydrogen) atoms. The number of nitrogens with one attached hydrogen (secondary N) is 1. The van der Waals surface area contributed by atoms with E-state index in [-0.39, 0.29) is 17.9 Å². The molecular formula is C23H29ClN2O2S. The van der Waals surface area contributed by atoms with E-state index in [0.29, 0.717) is 23.7 Å². The van der Waals surface area contributed by atoms with E-state index in [1.54, 1.807) is 22.7 Å². The average molecular weight is 433 g/mol. The average Bonchev–Trinajstić information content (AvgIpc) is 2.69. The van der Waals surface area contributed by atoms with Crippen molar-refractivity contribution >= 4 is 35.2 Å². The van der Waals surface area contributed by atoms with Crippen LogP contribution >= 0.6 is 23.4 Å². The lowest BCUT2D eigenvalue weighted by molar-refractivity contribution is -0.139. The van der Waals surface area contributed by atoms with Crippen molar-refractivity contribution in [1.29, 1.82) is 0 Å². The smallest absolute Gasteiger partial charge is 0.243 e. The van der Waals surface area contributed by atoms with Gasteiger partial charge in [0.05, 0.1) is 5.75 Å². The Labute approximate surface area is 183 Å². The van der Waals surface area contributed by atoms with Gasteiger partial charge in [-0.1, -0.05) is 67.1 Å². The summed E-state index contributed by atoms with van der Waals surface area (Å²) in [5.41, 5.74) is 2.01. The van der Waals surface area contributed by atoms with Gasteiger partial charge in [-0.05, 0) is 37.5 Å². The van der Waals surface area contributed by atoms with E-state index >= 15 is 0 Å². The Balaban J connectivity index is 2.14. The van der Waals surface area contributed by atoms with Crippen molar-refractivity contribution in [3.8, 4) is 0 Å². The molecule has 1 N–H and O–H groups in total. The van der Waals surface area contributed by atoms with Crippen molar-refractivity contribution in [2.45, 2.75) is 51.6 Å². The molecule has 1 atom stereocenters. The van der Waals surface area contributed by atoms with Crippen LogP contribution in [0, 0.1) is 0 Å². The molecular weight excluding hydrogens is 404 g/mol. The van der Waals surface area contributed by atoms with E-state index in [0.717, 1.165) is 11.3 Å². The Hall–Kier alpha value is -1.98. The molecule has 0 aliphatic heterocycles. The Morgan fingerprint density at radius 3 is 2.34 bits per heavy atom. The standard InChI is InChI=1S/C23H29ClN2O2S/c1-4-21(23(28)25-17(2)3)26(14-19-12-8-9-13-20(19)24)22(27)16-29-15-18-10-6-5-7-11-18/h5-13,17,21H,4,14-16H2,1-3H3,(H,25,28)/t21-/m0/s1. The van der Waals surface area contributed by atoms with Crippen LogP contribution in [0.1, 0.15) is 38.3 Å². The van der Waals surface area contributed by atoms with Crippen LogP contribution in [0.5, 0.6) is 0 Å². The molecule has 4 nitrogen and oxygen atoms in total. The minimum atomic E-state index is -0.529. The number of halogens is 1. The molecule has 0 saturated heterocycles. The zero-order chi connectivity index (χ0) is 21.2. The monoisotopic (exact) mass is 432 g/mol. The quantitative estimate of drug-likeness (QED) is 0.580. The predicted molar refractivity (Wildman–Crippen MR) is 122 cm³/mol. The van der Waals surface area contributed by atoms with Crippen molar-refractivity contribution < 1.29 is 9.59 Å². The molecule has 0 aliphatic carbocycles. The number of hydrogen-bond donors (Lipinski definition) is 1. The van der Waals surface area contributed by atoms with Gasteiger partial charge in [0, 0.05) is 23.4 Å². The molecule has 6 heteroatoms. The van der Waals surface area contributed by atoms with Crippen LogP contribution in [0.15, 0.2) is 54.6 Å². The topological polar surface area (TPSA) is 49.4 Å². The van der Waals surface area contributed by atoms with Gasteiger partial charge < -0.3 is 10.2 Å². The Morgan fingerprint density at radius 2 is 1.72 bits per heavy atom. The number of amides is 2. The summed E-state index contributed by atoms with van der Waals surface area (Å²) < 4.78 is 0. The third-order valence-electron chi connectivity index (χ3n) is 4.45. The lowest BCUT2D eigenvalue weighted by atomic mass is 10.1. The van der Waals surface area contributed by atoms with E-state index in [1.165, 1.54) is 5.56 Å².